The Bertz CT molecular complexity index is 1230. The standard InChI is InChI=1S/C25H27N5O5/c31-13-24(7-8-24)14-33-20-9-21(34-16-10-26-15-27-11-16)30-23(29-20)17-4-6-25(5-2-1-3-19(25)32)22-18(17)12-28-35-22/h9-12,15,17,31H,1-8,13-14H2. The number of ether oxygens (including phenoxy) is 2. The summed E-state index contributed by atoms with van der Waals surface area (Å²) in [6.07, 6.45) is 12.7. The first kappa shape index (κ1) is 22.1. The molecule has 3 aromatic heterocycles. The molecule has 1 N–H and O–H groups in total. The Morgan fingerprint density at radius 1 is 1.06 bits per heavy atom. The van der Waals surface area contributed by atoms with Crippen molar-refractivity contribution in [1.29, 1.82) is 0 Å². The van der Waals surface area contributed by atoms with Gasteiger partial charge in [0, 0.05) is 23.3 Å². The second-order valence-corrected chi connectivity index (χ2v) is 9.94. The van der Waals surface area contributed by atoms with E-state index in [-0.39, 0.29) is 23.7 Å². The van der Waals surface area contributed by atoms with E-state index in [1.54, 1.807) is 24.7 Å². The fourth-order valence-corrected chi connectivity index (χ4v) is 5.30. The van der Waals surface area contributed by atoms with Crippen LogP contribution in [0.25, 0.3) is 0 Å². The molecule has 2 atom stereocenters. The minimum Gasteiger partial charge on any atom is -0.477 e. The highest BCUT2D eigenvalue weighted by Crippen LogP contribution is 2.50. The van der Waals surface area contributed by atoms with Crippen molar-refractivity contribution in [2.75, 3.05) is 13.2 Å². The van der Waals surface area contributed by atoms with Crippen molar-refractivity contribution in [1.82, 2.24) is 25.1 Å². The maximum atomic E-state index is 13.0. The van der Waals surface area contributed by atoms with Gasteiger partial charge < -0.3 is 19.1 Å². The molecule has 10 heteroatoms. The summed E-state index contributed by atoms with van der Waals surface area (Å²) in [5, 5.41) is 13.7. The number of nitrogens with zero attached hydrogens (tertiary/aromatic N) is 5. The summed E-state index contributed by atoms with van der Waals surface area (Å²) in [6, 6.07) is 1.63. The SMILES string of the molecule is O=C1CCCCC12CCC(c1nc(OCC3(CO)CC3)cc(Oc3cncnc3)n1)c1cnoc12. The molecule has 3 aliphatic rings. The molecule has 0 aliphatic heterocycles. The van der Waals surface area contributed by atoms with Crippen molar-refractivity contribution in [2.45, 2.75) is 62.7 Å². The van der Waals surface area contributed by atoms with Crippen LogP contribution in [0.2, 0.25) is 0 Å². The lowest BCUT2D eigenvalue weighted by atomic mass is 9.62. The van der Waals surface area contributed by atoms with Gasteiger partial charge in [0.2, 0.25) is 11.8 Å². The van der Waals surface area contributed by atoms with Crippen LogP contribution >= 0.6 is 0 Å². The van der Waals surface area contributed by atoms with E-state index in [0.29, 0.717) is 55.0 Å². The number of rotatable bonds is 7. The van der Waals surface area contributed by atoms with Gasteiger partial charge in [-0.25, -0.2) is 9.97 Å². The number of carbonyl (C=O) groups excluding carboxylic acids is 1. The number of aliphatic hydroxyl groups excluding tert-OH is 1. The number of hydrogen-bond donors (Lipinski definition) is 1. The average molecular weight is 478 g/mol. The summed E-state index contributed by atoms with van der Waals surface area (Å²) < 4.78 is 17.6. The van der Waals surface area contributed by atoms with Crippen LogP contribution in [0.3, 0.4) is 0 Å². The Morgan fingerprint density at radius 2 is 1.89 bits per heavy atom. The topological polar surface area (TPSA) is 133 Å². The molecule has 35 heavy (non-hydrogen) atoms. The van der Waals surface area contributed by atoms with Crippen LogP contribution in [0.1, 0.15) is 74.4 Å². The van der Waals surface area contributed by atoms with Gasteiger partial charge in [-0.2, -0.15) is 9.97 Å². The smallest absolute Gasteiger partial charge is 0.226 e. The Morgan fingerprint density at radius 3 is 2.66 bits per heavy atom. The van der Waals surface area contributed by atoms with Crippen LogP contribution < -0.4 is 9.47 Å². The summed E-state index contributed by atoms with van der Waals surface area (Å²) >= 11 is 0. The summed E-state index contributed by atoms with van der Waals surface area (Å²) in [5.41, 5.74) is 0.0702. The van der Waals surface area contributed by atoms with Gasteiger partial charge in [0.05, 0.1) is 43.3 Å². The van der Waals surface area contributed by atoms with E-state index in [4.69, 9.17) is 24.0 Å². The predicted octanol–water partition coefficient (Wildman–Crippen LogP) is 3.50. The largest absolute Gasteiger partial charge is 0.477 e. The van der Waals surface area contributed by atoms with E-state index in [1.165, 1.54) is 6.33 Å². The molecule has 182 valence electrons. The number of ketones is 1. The second-order valence-electron chi connectivity index (χ2n) is 9.94. The number of fused-ring (bicyclic) bond motifs is 2. The van der Waals surface area contributed by atoms with Crippen LogP contribution in [0.15, 0.2) is 35.5 Å². The third-order valence-electron chi connectivity index (χ3n) is 7.65. The molecular weight excluding hydrogens is 450 g/mol. The summed E-state index contributed by atoms with van der Waals surface area (Å²) in [7, 11) is 0. The van der Waals surface area contributed by atoms with Crippen LogP contribution in [-0.4, -0.2) is 49.2 Å². The van der Waals surface area contributed by atoms with Crippen molar-refractivity contribution < 1.29 is 23.9 Å². The fourth-order valence-electron chi connectivity index (χ4n) is 5.30. The zero-order valence-electron chi connectivity index (χ0n) is 19.4. The molecule has 3 aromatic rings. The third-order valence-corrected chi connectivity index (χ3v) is 7.65. The zero-order chi connectivity index (χ0) is 23.9. The van der Waals surface area contributed by atoms with Crippen LogP contribution in [0.5, 0.6) is 17.5 Å². The number of aliphatic hydroxyl groups is 1. The highest BCUT2D eigenvalue weighted by molar-refractivity contribution is 5.90. The number of hydrogen-bond acceptors (Lipinski definition) is 10. The molecular formula is C25H27N5O5. The van der Waals surface area contributed by atoms with E-state index in [9.17, 15) is 9.90 Å². The van der Waals surface area contributed by atoms with Crippen LogP contribution in [0, 0.1) is 5.41 Å². The molecule has 3 heterocycles. The molecule has 2 saturated carbocycles. The van der Waals surface area contributed by atoms with E-state index in [2.05, 4.69) is 15.1 Å². The molecule has 6 rings (SSSR count). The van der Waals surface area contributed by atoms with Crippen molar-refractivity contribution in [3.05, 3.63) is 48.1 Å². The number of aromatic nitrogens is 5. The van der Waals surface area contributed by atoms with Crippen LogP contribution in [-0.2, 0) is 10.2 Å². The van der Waals surface area contributed by atoms with Gasteiger partial charge in [-0.15, -0.1) is 0 Å². The summed E-state index contributed by atoms with van der Waals surface area (Å²) in [5.74, 6) is 2.33. The lowest BCUT2D eigenvalue weighted by Gasteiger charge is -2.38. The van der Waals surface area contributed by atoms with E-state index in [0.717, 1.165) is 37.7 Å². The van der Waals surface area contributed by atoms with Gasteiger partial charge >= 0.3 is 0 Å². The Balaban J connectivity index is 1.35. The molecule has 0 bridgehead atoms. The summed E-state index contributed by atoms with van der Waals surface area (Å²) in [6.45, 7) is 0.451. The monoisotopic (exact) mass is 477 g/mol. The highest BCUT2D eigenvalue weighted by Gasteiger charge is 2.50. The van der Waals surface area contributed by atoms with Crippen molar-refractivity contribution >= 4 is 5.78 Å². The Labute approximate surface area is 202 Å². The van der Waals surface area contributed by atoms with Crippen molar-refractivity contribution in [3.63, 3.8) is 0 Å². The van der Waals surface area contributed by atoms with Gasteiger partial charge in [0.1, 0.15) is 17.9 Å². The maximum absolute atomic E-state index is 13.0. The van der Waals surface area contributed by atoms with Gasteiger partial charge in [-0.1, -0.05) is 11.6 Å². The predicted molar refractivity (Wildman–Crippen MR) is 121 cm³/mol. The lowest BCUT2D eigenvalue weighted by Crippen LogP contribution is -2.42. The van der Waals surface area contributed by atoms with Crippen LogP contribution in [0.4, 0.5) is 0 Å². The third kappa shape index (κ3) is 4.05. The highest BCUT2D eigenvalue weighted by atomic mass is 16.5. The molecule has 10 nitrogen and oxygen atoms in total. The molecule has 3 aliphatic carbocycles. The van der Waals surface area contributed by atoms with Gasteiger partial charge in [-0.05, 0) is 38.5 Å². The number of Topliss-reactive ketones (excluding diaryl/α,β-unsaturated/α-hetero) is 1. The van der Waals surface area contributed by atoms with E-state index >= 15 is 0 Å². The molecule has 0 saturated heterocycles. The first-order valence-corrected chi connectivity index (χ1v) is 12.1. The fraction of sp³-hybridized carbons (Fsp3) is 0.520. The molecule has 2 fully saturated rings. The summed E-state index contributed by atoms with van der Waals surface area (Å²) in [4.78, 5) is 30.4. The zero-order valence-corrected chi connectivity index (χ0v) is 19.4. The molecule has 2 unspecified atom stereocenters. The number of carbonyl (C=O) groups is 1. The van der Waals surface area contributed by atoms with Gasteiger partial charge in [0.15, 0.2) is 11.5 Å². The van der Waals surface area contributed by atoms with Crippen molar-refractivity contribution in [3.8, 4) is 17.5 Å². The first-order valence-electron chi connectivity index (χ1n) is 12.1. The molecule has 1 spiro atoms. The second kappa shape index (κ2) is 8.67. The average Bonchev–Trinajstić information content (AvgIpc) is 3.50. The minimum absolute atomic E-state index is 0.0818. The minimum atomic E-state index is -0.588. The van der Waals surface area contributed by atoms with Gasteiger partial charge in [-0.3, -0.25) is 4.79 Å². The van der Waals surface area contributed by atoms with Gasteiger partial charge in [0.25, 0.3) is 0 Å². The van der Waals surface area contributed by atoms with Crippen molar-refractivity contribution in [2.24, 2.45) is 5.41 Å². The Kier molecular flexibility index (Phi) is 5.47. The first-order chi connectivity index (χ1) is 17.1. The normalized spacial score (nSPS) is 24.7. The van der Waals surface area contributed by atoms with E-state index in [1.807, 2.05) is 0 Å². The molecule has 0 aromatic carbocycles. The van der Waals surface area contributed by atoms with E-state index < -0.39 is 5.41 Å². The quantitative estimate of drug-likeness (QED) is 0.539. The maximum Gasteiger partial charge on any atom is 0.226 e. The molecule has 0 radical (unpaired) electrons. The Hall–Kier alpha value is -3.40. The molecule has 0 amide bonds. The lowest BCUT2D eigenvalue weighted by molar-refractivity contribution is -0.128.